The van der Waals surface area contributed by atoms with Crippen LogP contribution in [0.2, 0.25) is 0 Å². The van der Waals surface area contributed by atoms with Crippen molar-refractivity contribution in [2.75, 3.05) is 23.9 Å². The van der Waals surface area contributed by atoms with Crippen molar-refractivity contribution >= 4 is 40.6 Å². The number of benzene rings is 3. The zero-order chi connectivity index (χ0) is 25.9. The predicted molar refractivity (Wildman–Crippen MR) is 139 cm³/mol. The highest BCUT2D eigenvalue weighted by Crippen LogP contribution is 2.46. The fourth-order valence-corrected chi connectivity index (χ4v) is 4.81. The fraction of sp³-hybridized carbons (Fsp3) is 0.214. The molecule has 3 aromatic rings. The van der Waals surface area contributed by atoms with Gasteiger partial charge in [-0.2, -0.15) is 8.78 Å². The number of carbonyl (C=O) groups is 2. The van der Waals surface area contributed by atoms with E-state index < -0.39 is 18.3 Å². The van der Waals surface area contributed by atoms with E-state index in [0.717, 1.165) is 16.9 Å². The van der Waals surface area contributed by atoms with Crippen LogP contribution in [0.25, 0.3) is 0 Å². The number of ketones is 1. The number of esters is 1. The summed E-state index contributed by atoms with van der Waals surface area (Å²) in [5, 5.41) is 3.11. The second-order valence-electron chi connectivity index (χ2n) is 8.85. The van der Waals surface area contributed by atoms with Crippen LogP contribution < -0.4 is 10.2 Å². The van der Waals surface area contributed by atoms with Crippen LogP contribution in [0, 0.1) is 0 Å². The Labute approximate surface area is 213 Å². The van der Waals surface area contributed by atoms with Crippen LogP contribution in [-0.4, -0.2) is 31.2 Å². The monoisotopic (exact) mass is 508 g/mol. The molecule has 0 aliphatic carbocycles. The van der Waals surface area contributed by atoms with Crippen molar-refractivity contribution in [3.05, 3.63) is 95.7 Å². The number of hydrogen-bond acceptors (Lipinski definition) is 6. The number of rotatable bonds is 8. The van der Waals surface area contributed by atoms with E-state index in [9.17, 15) is 18.4 Å². The number of para-hydroxylation sites is 2. The van der Waals surface area contributed by atoms with Crippen LogP contribution in [0.1, 0.15) is 29.8 Å². The first-order valence-electron chi connectivity index (χ1n) is 11.3. The number of ether oxygens (including phenoxy) is 1. The first kappa shape index (κ1) is 25.4. The third kappa shape index (κ3) is 5.44. The normalized spacial score (nSPS) is 15.2. The van der Waals surface area contributed by atoms with Gasteiger partial charge < -0.3 is 15.0 Å². The van der Waals surface area contributed by atoms with Crippen LogP contribution in [0.3, 0.4) is 0 Å². The maximum Gasteiger partial charge on any atom is 0.340 e. The molecule has 3 aromatic carbocycles. The Morgan fingerprint density at radius 3 is 2.39 bits per heavy atom. The molecule has 186 valence electrons. The largest absolute Gasteiger partial charge is 0.454 e. The molecule has 5 nitrogen and oxygen atoms in total. The molecule has 0 bridgehead atoms. The van der Waals surface area contributed by atoms with Crippen LogP contribution >= 0.6 is 11.8 Å². The molecule has 0 aromatic heterocycles. The van der Waals surface area contributed by atoms with Crippen molar-refractivity contribution in [1.82, 2.24) is 0 Å². The lowest BCUT2D eigenvalue weighted by Gasteiger charge is -2.23. The van der Waals surface area contributed by atoms with Gasteiger partial charge in [-0.25, -0.2) is 4.79 Å². The number of likely N-dealkylation sites (N-methyl/N-ethyl adjacent to an activating group) is 1. The van der Waals surface area contributed by atoms with Gasteiger partial charge in [0, 0.05) is 40.5 Å². The molecule has 36 heavy (non-hydrogen) atoms. The SMILES string of the molecule is CN1/C(=C\C(=O)COC(=O)c2ccccc2Nc2ccc(SC(F)F)cc2)C(C)(C)c2ccccc21. The second-order valence-corrected chi connectivity index (χ2v) is 9.91. The molecule has 1 N–H and O–H groups in total. The van der Waals surface area contributed by atoms with E-state index >= 15 is 0 Å². The molecule has 0 atom stereocenters. The maximum atomic E-state index is 12.8. The van der Waals surface area contributed by atoms with Crippen LogP contribution in [-0.2, 0) is 14.9 Å². The van der Waals surface area contributed by atoms with Crippen molar-refractivity contribution < 1.29 is 23.1 Å². The summed E-state index contributed by atoms with van der Waals surface area (Å²) >= 11 is 0.463. The average Bonchev–Trinajstić information content (AvgIpc) is 3.04. The molecule has 1 aliphatic heterocycles. The van der Waals surface area contributed by atoms with Crippen LogP contribution in [0.4, 0.5) is 25.8 Å². The third-order valence-corrected chi connectivity index (χ3v) is 6.81. The molecule has 0 unspecified atom stereocenters. The van der Waals surface area contributed by atoms with Crippen molar-refractivity contribution in [3.63, 3.8) is 0 Å². The van der Waals surface area contributed by atoms with E-state index in [1.165, 1.54) is 6.08 Å². The number of hydrogen-bond donors (Lipinski definition) is 1. The van der Waals surface area contributed by atoms with Gasteiger partial charge in [-0.1, -0.05) is 55.9 Å². The van der Waals surface area contributed by atoms with E-state index in [1.54, 1.807) is 48.5 Å². The average molecular weight is 509 g/mol. The lowest BCUT2D eigenvalue weighted by atomic mass is 9.83. The van der Waals surface area contributed by atoms with Gasteiger partial charge in [0.25, 0.3) is 5.76 Å². The van der Waals surface area contributed by atoms with Gasteiger partial charge in [-0.3, -0.25) is 4.79 Å². The Morgan fingerprint density at radius 1 is 1.03 bits per heavy atom. The van der Waals surface area contributed by atoms with Gasteiger partial charge >= 0.3 is 5.97 Å². The molecule has 4 rings (SSSR count). The van der Waals surface area contributed by atoms with Gasteiger partial charge in [-0.05, 0) is 48.0 Å². The first-order chi connectivity index (χ1) is 17.2. The molecule has 0 radical (unpaired) electrons. The number of fused-ring (bicyclic) bond motifs is 1. The van der Waals surface area contributed by atoms with E-state index in [-0.39, 0.29) is 16.8 Å². The lowest BCUT2D eigenvalue weighted by Crippen LogP contribution is -2.25. The van der Waals surface area contributed by atoms with E-state index in [0.29, 0.717) is 28.0 Å². The van der Waals surface area contributed by atoms with Crippen molar-refractivity contribution in [2.24, 2.45) is 0 Å². The topological polar surface area (TPSA) is 58.6 Å². The maximum absolute atomic E-state index is 12.8. The Kier molecular flexibility index (Phi) is 7.45. The fourth-order valence-electron chi connectivity index (χ4n) is 4.31. The Hall–Kier alpha value is -3.65. The smallest absolute Gasteiger partial charge is 0.340 e. The molecule has 1 aliphatic rings. The van der Waals surface area contributed by atoms with Gasteiger partial charge in [0.15, 0.2) is 12.4 Å². The molecule has 0 spiro atoms. The molecule has 0 saturated carbocycles. The predicted octanol–water partition coefficient (Wildman–Crippen LogP) is 6.78. The number of carbonyl (C=O) groups excluding carboxylic acids is 2. The number of nitrogens with one attached hydrogen (secondary N) is 1. The standard InChI is InChI=1S/C28H26F2N2O3S/c1-28(2)22-9-5-7-11-24(22)32(3)25(28)16-19(33)17-35-26(34)21-8-4-6-10-23(21)31-18-12-14-20(15-13-18)36-27(29)30/h4-16,27,31H,17H2,1-3H3/b25-16-. The summed E-state index contributed by atoms with van der Waals surface area (Å²) in [6.45, 7) is 3.72. The Bertz CT molecular complexity index is 1310. The summed E-state index contributed by atoms with van der Waals surface area (Å²) < 4.78 is 30.4. The zero-order valence-corrected chi connectivity index (χ0v) is 20.9. The highest BCUT2D eigenvalue weighted by atomic mass is 32.2. The van der Waals surface area contributed by atoms with Gasteiger partial charge in [0.2, 0.25) is 0 Å². The molecule has 0 fully saturated rings. The molecule has 0 saturated heterocycles. The minimum absolute atomic E-state index is 0.259. The van der Waals surface area contributed by atoms with E-state index in [4.69, 9.17) is 4.74 Å². The summed E-state index contributed by atoms with van der Waals surface area (Å²) in [5.41, 5.74) is 4.01. The lowest BCUT2D eigenvalue weighted by molar-refractivity contribution is -0.117. The molecular formula is C28H26F2N2O3S. The van der Waals surface area contributed by atoms with Crippen molar-refractivity contribution in [3.8, 4) is 0 Å². The number of allylic oxidation sites excluding steroid dienone is 1. The van der Waals surface area contributed by atoms with E-state index in [1.807, 2.05) is 36.2 Å². The highest BCUT2D eigenvalue weighted by molar-refractivity contribution is 7.99. The summed E-state index contributed by atoms with van der Waals surface area (Å²) in [4.78, 5) is 28.0. The van der Waals surface area contributed by atoms with Gasteiger partial charge in [-0.15, -0.1) is 0 Å². The summed E-state index contributed by atoms with van der Waals surface area (Å²) in [5.74, 6) is -3.45. The molecular weight excluding hydrogens is 482 g/mol. The minimum atomic E-state index is -2.49. The number of nitrogens with zero attached hydrogens (tertiary/aromatic N) is 1. The Morgan fingerprint density at radius 2 is 1.69 bits per heavy atom. The quantitative estimate of drug-likeness (QED) is 0.206. The molecule has 1 heterocycles. The van der Waals surface area contributed by atoms with Crippen molar-refractivity contribution in [1.29, 1.82) is 0 Å². The van der Waals surface area contributed by atoms with Crippen molar-refractivity contribution in [2.45, 2.75) is 29.9 Å². The molecule has 8 heteroatoms. The van der Waals surface area contributed by atoms with E-state index in [2.05, 4.69) is 19.2 Å². The number of thioether (sulfide) groups is 1. The first-order valence-corrected chi connectivity index (χ1v) is 12.2. The number of alkyl halides is 2. The Balaban J connectivity index is 1.43. The second kappa shape index (κ2) is 10.5. The van der Waals surface area contributed by atoms with Gasteiger partial charge in [0.1, 0.15) is 0 Å². The van der Waals surface area contributed by atoms with Crippen LogP contribution in [0.15, 0.2) is 89.5 Å². The van der Waals surface area contributed by atoms with Gasteiger partial charge in [0.05, 0.1) is 11.3 Å². The minimum Gasteiger partial charge on any atom is -0.454 e. The number of halogens is 2. The third-order valence-electron chi connectivity index (χ3n) is 6.09. The summed E-state index contributed by atoms with van der Waals surface area (Å²) in [7, 11) is 1.92. The molecule has 0 amide bonds. The van der Waals surface area contributed by atoms with Crippen LogP contribution in [0.5, 0.6) is 0 Å². The zero-order valence-electron chi connectivity index (χ0n) is 20.1. The highest BCUT2D eigenvalue weighted by Gasteiger charge is 2.38. The summed E-state index contributed by atoms with van der Waals surface area (Å²) in [6, 6.07) is 21.2. The summed E-state index contributed by atoms with van der Waals surface area (Å²) in [6.07, 6.45) is 1.54. The number of anilines is 3.